The SMILES string of the molecule is CC.CCC1=CCCc2nn(C)cc21. The predicted molar refractivity (Wildman–Crippen MR) is 61.1 cm³/mol. The molecule has 1 aromatic rings. The number of aromatic nitrogens is 2. The van der Waals surface area contributed by atoms with Crippen LogP contribution >= 0.6 is 0 Å². The largest absolute Gasteiger partial charge is 0.275 e. The van der Waals surface area contributed by atoms with Gasteiger partial charge in [-0.15, -0.1) is 0 Å². The highest BCUT2D eigenvalue weighted by molar-refractivity contribution is 5.68. The van der Waals surface area contributed by atoms with Crippen LogP contribution in [0, 0.1) is 0 Å². The quantitative estimate of drug-likeness (QED) is 0.668. The van der Waals surface area contributed by atoms with Crippen LogP contribution in [0.15, 0.2) is 12.3 Å². The third kappa shape index (κ3) is 2.06. The summed E-state index contributed by atoms with van der Waals surface area (Å²) in [5, 5.41) is 4.43. The van der Waals surface area contributed by atoms with E-state index in [9.17, 15) is 0 Å². The molecule has 78 valence electrons. The third-order valence-corrected chi connectivity index (χ3v) is 2.40. The Kier molecular flexibility index (Phi) is 3.93. The lowest BCUT2D eigenvalue weighted by Crippen LogP contribution is -1.97. The Morgan fingerprint density at radius 3 is 2.79 bits per heavy atom. The molecule has 1 aliphatic rings. The maximum absolute atomic E-state index is 4.43. The van der Waals surface area contributed by atoms with E-state index < -0.39 is 0 Å². The molecule has 0 aromatic carbocycles. The Labute approximate surface area is 86.6 Å². The summed E-state index contributed by atoms with van der Waals surface area (Å²) in [6.45, 7) is 6.20. The molecule has 0 saturated heterocycles. The molecule has 0 unspecified atom stereocenters. The van der Waals surface area contributed by atoms with Crippen molar-refractivity contribution in [3.63, 3.8) is 0 Å². The highest BCUT2D eigenvalue weighted by atomic mass is 15.2. The van der Waals surface area contributed by atoms with Gasteiger partial charge in [0, 0.05) is 18.8 Å². The van der Waals surface area contributed by atoms with E-state index in [-0.39, 0.29) is 0 Å². The van der Waals surface area contributed by atoms with E-state index in [1.807, 2.05) is 25.6 Å². The second-order valence-electron chi connectivity index (χ2n) is 3.28. The lowest BCUT2D eigenvalue weighted by atomic mass is 9.95. The van der Waals surface area contributed by atoms with Crippen LogP contribution in [0.25, 0.3) is 5.57 Å². The van der Waals surface area contributed by atoms with Gasteiger partial charge in [0.15, 0.2) is 0 Å². The molecule has 0 saturated carbocycles. The Bertz CT molecular complexity index is 321. The van der Waals surface area contributed by atoms with Crippen LogP contribution in [0.3, 0.4) is 0 Å². The minimum Gasteiger partial charge on any atom is -0.275 e. The number of nitrogens with zero attached hydrogens (tertiary/aromatic N) is 2. The maximum Gasteiger partial charge on any atom is 0.0702 e. The van der Waals surface area contributed by atoms with Crippen molar-refractivity contribution in [2.45, 2.75) is 40.0 Å². The summed E-state index contributed by atoms with van der Waals surface area (Å²) in [5.74, 6) is 0. The van der Waals surface area contributed by atoms with E-state index in [4.69, 9.17) is 0 Å². The topological polar surface area (TPSA) is 17.8 Å². The smallest absolute Gasteiger partial charge is 0.0702 e. The van der Waals surface area contributed by atoms with Gasteiger partial charge in [-0.05, 0) is 24.8 Å². The fraction of sp³-hybridized carbons (Fsp3) is 0.583. The number of rotatable bonds is 1. The number of hydrogen-bond acceptors (Lipinski definition) is 1. The molecule has 0 amide bonds. The normalized spacial score (nSPS) is 13.9. The van der Waals surface area contributed by atoms with Crippen molar-refractivity contribution in [3.8, 4) is 0 Å². The summed E-state index contributed by atoms with van der Waals surface area (Å²) < 4.78 is 1.92. The zero-order valence-electron chi connectivity index (χ0n) is 9.67. The van der Waals surface area contributed by atoms with Crippen LogP contribution < -0.4 is 0 Å². The molecule has 1 aliphatic carbocycles. The average molecular weight is 192 g/mol. The summed E-state index contributed by atoms with van der Waals surface area (Å²) in [6, 6.07) is 0. The zero-order chi connectivity index (χ0) is 10.6. The summed E-state index contributed by atoms with van der Waals surface area (Å²) in [4.78, 5) is 0. The first-order valence-corrected chi connectivity index (χ1v) is 5.53. The van der Waals surface area contributed by atoms with Crippen LogP contribution in [0.2, 0.25) is 0 Å². The van der Waals surface area contributed by atoms with E-state index >= 15 is 0 Å². The molecule has 0 N–H and O–H groups in total. The van der Waals surface area contributed by atoms with Gasteiger partial charge in [-0.2, -0.15) is 5.10 Å². The third-order valence-electron chi connectivity index (χ3n) is 2.40. The first-order valence-electron chi connectivity index (χ1n) is 5.53. The molecule has 0 radical (unpaired) electrons. The fourth-order valence-electron chi connectivity index (χ4n) is 1.82. The minimum absolute atomic E-state index is 1.11. The van der Waals surface area contributed by atoms with Gasteiger partial charge in [0.1, 0.15) is 0 Å². The van der Waals surface area contributed by atoms with Gasteiger partial charge < -0.3 is 0 Å². The van der Waals surface area contributed by atoms with Gasteiger partial charge in [0.05, 0.1) is 5.69 Å². The molecule has 2 rings (SSSR count). The zero-order valence-corrected chi connectivity index (χ0v) is 9.67. The van der Waals surface area contributed by atoms with Crippen LogP contribution in [-0.2, 0) is 13.5 Å². The highest BCUT2D eigenvalue weighted by Gasteiger charge is 2.13. The van der Waals surface area contributed by atoms with Crippen LogP contribution in [-0.4, -0.2) is 9.78 Å². The van der Waals surface area contributed by atoms with E-state index in [0.717, 1.165) is 19.3 Å². The Morgan fingerprint density at radius 2 is 2.14 bits per heavy atom. The summed E-state index contributed by atoms with van der Waals surface area (Å²) >= 11 is 0. The summed E-state index contributed by atoms with van der Waals surface area (Å²) in [6.07, 6.45) is 7.86. The van der Waals surface area contributed by atoms with Crippen LogP contribution in [0.4, 0.5) is 0 Å². The molecule has 0 atom stereocenters. The highest BCUT2D eigenvalue weighted by Crippen LogP contribution is 2.26. The van der Waals surface area contributed by atoms with Crippen molar-refractivity contribution in [2.75, 3.05) is 0 Å². The van der Waals surface area contributed by atoms with Crippen molar-refractivity contribution in [2.24, 2.45) is 7.05 Å². The van der Waals surface area contributed by atoms with Gasteiger partial charge in [-0.25, -0.2) is 0 Å². The molecular weight excluding hydrogens is 172 g/mol. The lowest BCUT2D eigenvalue weighted by molar-refractivity contribution is 0.739. The molecule has 0 bridgehead atoms. The van der Waals surface area contributed by atoms with Gasteiger partial charge >= 0.3 is 0 Å². The van der Waals surface area contributed by atoms with Crippen molar-refractivity contribution in [1.82, 2.24) is 9.78 Å². The van der Waals surface area contributed by atoms with Crippen molar-refractivity contribution in [1.29, 1.82) is 0 Å². The summed E-state index contributed by atoms with van der Waals surface area (Å²) in [5.41, 5.74) is 4.10. The fourth-order valence-corrected chi connectivity index (χ4v) is 1.82. The Balaban J connectivity index is 0.000000461. The molecule has 14 heavy (non-hydrogen) atoms. The van der Waals surface area contributed by atoms with E-state index in [0.29, 0.717) is 0 Å². The standard InChI is InChI=1S/C10H14N2.C2H6/c1-3-8-5-4-6-10-9(8)7-12(2)11-10;1-2/h5,7H,3-4,6H2,1-2H3;1-2H3. The lowest BCUT2D eigenvalue weighted by Gasteiger charge is -2.09. The van der Waals surface area contributed by atoms with Crippen molar-refractivity contribution >= 4 is 5.57 Å². The Hall–Kier alpha value is -1.05. The van der Waals surface area contributed by atoms with Gasteiger partial charge in [0.25, 0.3) is 0 Å². The minimum atomic E-state index is 1.11. The van der Waals surface area contributed by atoms with E-state index in [1.165, 1.54) is 16.8 Å². The molecule has 2 heteroatoms. The molecule has 0 aliphatic heterocycles. The first kappa shape index (κ1) is 11.0. The monoisotopic (exact) mass is 192 g/mol. The van der Waals surface area contributed by atoms with Crippen molar-refractivity contribution < 1.29 is 0 Å². The summed E-state index contributed by atoms with van der Waals surface area (Å²) in [7, 11) is 1.99. The number of fused-ring (bicyclic) bond motifs is 1. The second-order valence-corrected chi connectivity index (χ2v) is 3.28. The molecule has 2 nitrogen and oxygen atoms in total. The number of aryl methyl sites for hydroxylation is 2. The molecule has 1 heterocycles. The molecule has 0 spiro atoms. The van der Waals surface area contributed by atoms with Gasteiger partial charge in [0.2, 0.25) is 0 Å². The number of hydrogen-bond donors (Lipinski definition) is 0. The molecule has 0 fully saturated rings. The van der Waals surface area contributed by atoms with Crippen LogP contribution in [0.1, 0.15) is 44.9 Å². The van der Waals surface area contributed by atoms with Crippen LogP contribution in [0.5, 0.6) is 0 Å². The molecular formula is C12H20N2. The average Bonchev–Trinajstić information content (AvgIpc) is 2.60. The van der Waals surface area contributed by atoms with E-state index in [2.05, 4.69) is 24.3 Å². The number of allylic oxidation sites excluding steroid dienone is 2. The molecule has 1 aromatic heterocycles. The van der Waals surface area contributed by atoms with Gasteiger partial charge in [-0.1, -0.05) is 26.8 Å². The first-order chi connectivity index (χ1) is 6.81. The van der Waals surface area contributed by atoms with Gasteiger partial charge in [-0.3, -0.25) is 4.68 Å². The maximum atomic E-state index is 4.43. The second kappa shape index (κ2) is 4.99. The van der Waals surface area contributed by atoms with E-state index in [1.54, 1.807) is 0 Å². The predicted octanol–water partition coefficient (Wildman–Crippen LogP) is 3.19. The van der Waals surface area contributed by atoms with Crippen molar-refractivity contribution in [3.05, 3.63) is 23.5 Å². The Morgan fingerprint density at radius 1 is 1.43 bits per heavy atom.